The molecular formula is C22H24ClN5S. The Labute approximate surface area is 179 Å². The lowest BCUT2D eigenvalue weighted by atomic mass is 9.88. The summed E-state index contributed by atoms with van der Waals surface area (Å²) in [4.78, 5) is 6.19. The van der Waals surface area contributed by atoms with Crippen LogP contribution < -0.4 is 5.73 Å². The second-order valence-electron chi connectivity index (χ2n) is 7.77. The molecule has 29 heavy (non-hydrogen) atoms. The quantitative estimate of drug-likeness (QED) is 0.610. The van der Waals surface area contributed by atoms with Gasteiger partial charge in [0.25, 0.3) is 0 Å². The summed E-state index contributed by atoms with van der Waals surface area (Å²) in [7, 11) is 0. The average Bonchev–Trinajstić information content (AvgIpc) is 3.35. The Balaban J connectivity index is 1.73. The van der Waals surface area contributed by atoms with Gasteiger partial charge in [0.15, 0.2) is 12.0 Å². The maximum Gasteiger partial charge on any atom is 0.177 e. The van der Waals surface area contributed by atoms with E-state index in [2.05, 4.69) is 27.8 Å². The molecule has 3 aromatic rings. The summed E-state index contributed by atoms with van der Waals surface area (Å²) in [5.41, 5.74) is 9.35. The second kappa shape index (κ2) is 7.67. The molecule has 0 radical (unpaired) electrons. The summed E-state index contributed by atoms with van der Waals surface area (Å²) in [6, 6.07) is 10.1. The minimum atomic E-state index is -0.573. The van der Waals surface area contributed by atoms with Crippen LogP contribution in [-0.2, 0) is 6.42 Å². The van der Waals surface area contributed by atoms with Crippen molar-refractivity contribution in [1.29, 1.82) is 0 Å². The fourth-order valence-electron chi connectivity index (χ4n) is 4.41. The van der Waals surface area contributed by atoms with E-state index in [4.69, 9.17) is 22.3 Å². The molecule has 1 aliphatic heterocycles. The van der Waals surface area contributed by atoms with Crippen LogP contribution in [0.1, 0.15) is 78.8 Å². The number of hydrogen-bond acceptors (Lipinski definition) is 5. The van der Waals surface area contributed by atoms with Gasteiger partial charge in [0, 0.05) is 26.9 Å². The fourth-order valence-corrected chi connectivity index (χ4v) is 5.75. The zero-order valence-electron chi connectivity index (χ0n) is 16.4. The van der Waals surface area contributed by atoms with Gasteiger partial charge in [-0.1, -0.05) is 56.0 Å². The van der Waals surface area contributed by atoms with E-state index < -0.39 is 6.17 Å². The first kappa shape index (κ1) is 19.0. The Morgan fingerprint density at radius 1 is 1.10 bits per heavy atom. The van der Waals surface area contributed by atoms with Crippen molar-refractivity contribution in [3.63, 3.8) is 0 Å². The van der Waals surface area contributed by atoms with Crippen LogP contribution in [0.4, 0.5) is 0 Å². The summed E-state index contributed by atoms with van der Waals surface area (Å²) in [6.45, 7) is 2.18. The molecule has 5 nitrogen and oxygen atoms in total. The number of aryl methyl sites for hydroxylation is 1. The van der Waals surface area contributed by atoms with E-state index in [1.165, 1.54) is 24.1 Å². The third-order valence-electron chi connectivity index (χ3n) is 5.92. The minimum absolute atomic E-state index is 0.430. The molecule has 1 aliphatic carbocycles. The van der Waals surface area contributed by atoms with Gasteiger partial charge >= 0.3 is 0 Å². The smallest absolute Gasteiger partial charge is 0.177 e. The van der Waals surface area contributed by atoms with Crippen molar-refractivity contribution in [2.45, 2.75) is 57.5 Å². The van der Waals surface area contributed by atoms with Crippen LogP contribution in [0.2, 0.25) is 5.02 Å². The number of benzene rings is 1. The topological polar surface area (TPSA) is 69.1 Å². The molecule has 5 rings (SSSR count). The molecule has 2 aliphatic rings. The number of hydrogen-bond donors (Lipinski definition) is 1. The number of rotatable bonds is 3. The van der Waals surface area contributed by atoms with Crippen molar-refractivity contribution in [3.05, 3.63) is 63.0 Å². The summed E-state index contributed by atoms with van der Waals surface area (Å²) in [5, 5.41) is 10.9. The Morgan fingerprint density at radius 2 is 1.86 bits per heavy atom. The third-order valence-corrected chi connectivity index (χ3v) is 7.51. The van der Waals surface area contributed by atoms with Crippen LogP contribution in [0.3, 0.4) is 0 Å². The van der Waals surface area contributed by atoms with Crippen molar-refractivity contribution in [1.82, 2.24) is 14.8 Å². The predicted octanol–water partition coefficient (Wildman–Crippen LogP) is 5.40. The molecular weight excluding hydrogens is 402 g/mol. The summed E-state index contributed by atoms with van der Waals surface area (Å²) in [5.74, 6) is 2.19. The molecule has 2 aromatic heterocycles. The lowest BCUT2D eigenvalue weighted by Crippen LogP contribution is -2.16. The third kappa shape index (κ3) is 3.23. The maximum atomic E-state index is 6.55. The zero-order valence-corrected chi connectivity index (χ0v) is 18.0. The first-order valence-electron chi connectivity index (χ1n) is 10.3. The van der Waals surface area contributed by atoms with Crippen LogP contribution in [-0.4, -0.2) is 20.5 Å². The van der Waals surface area contributed by atoms with E-state index in [9.17, 15) is 0 Å². The first-order valence-corrected chi connectivity index (χ1v) is 11.5. The van der Waals surface area contributed by atoms with E-state index in [1.807, 2.05) is 24.3 Å². The van der Waals surface area contributed by atoms with E-state index in [-0.39, 0.29) is 0 Å². The van der Waals surface area contributed by atoms with Gasteiger partial charge in [0.1, 0.15) is 10.8 Å². The van der Waals surface area contributed by atoms with Crippen molar-refractivity contribution in [2.24, 2.45) is 10.7 Å². The van der Waals surface area contributed by atoms with Crippen LogP contribution in [0.5, 0.6) is 0 Å². The van der Waals surface area contributed by atoms with Crippen LogP contribution in [0.15, 0.2) is 35.3 Å². The SMILES string of the molecule is CCc1cc2c(s1)-n1c(C3CCCCC3)nnc1C(N)N=C2c1ccccc1Cl. The van der Waals surface area contributed by atoms with Crippen LogP contribution >= 0.6 is 22.9 Å². The molecule has 0 spiro atoms. The lowest BCUT2D eigenvalue weighted by Gasteiger charge is -2.21. The molecule has 1 unspecified atom stereocenters. The predicted molar refractivity (Wildman–Crippen MR) is 118 cm³/mol. The van der Waals surface area contributed by atoms with Crippen molar-refractivity contribution < 1.29 is 0 Å². The summed E-state index contributed by atoms with van der Waals surface area (Å²) in [6.07, 6.45) is 6.52. The van der Waals surface area contributed by atoms with Gasteiger partial charge in [-0.2, -0.15) is 0 Å². The Hall–Kier alpha value is -2.02. The molecule has 1 fully saturated rings. The number of nitrogens with two attached hydrogens (primary N) is 1. The van der Waals surface area contributed by atoms with Crippen molar-refractivity contribution in [2.75, 3.05) is 0 Å². The maximum absolute atomic E-state index is 6.55. The van der Waals surface area contributed by atoms with Crippen LogP contribution in [0, 0.1) is 0 Å². The van der Waals surface area contributed by atoms with Crippen molar-refractivity contribution >= 4 is 28.6 Å². The van der Waals surface area contributed by atoms with Gasteiger partial charge in [-0.15, -0.1) is 21.5 Å². The lowest BCUT2D eigenvalue weighted by molar-refractivity contribution is 0.424. The average molecular weight is 426 g/mol. The summed E-state index contributed by atoms with van der Waals surface area (Å²) < 4.78 is 2.20. The monoisotopic (exact) mass is 425 g/mol. The number of fused-ring (bicyclic) bond motifs is 3. The highest BCUT2D eigenvalue weighted by Gasteiger charge is 2.32. The second-order valence-corrected chi connectivity index (χ2v) is 9.30. The molecule has 2 N–H and O–H groups in total. The first-order chi connectivity index (χ1) is 14.2. The molecule has 0 bridgehead atoms. The number of halogens is 1. The number of aliphatic imine (C=N–C) groups is 1. The van der Waals surface area contributed by atoms with Gasteiger partial charge in [-0.3, -0.25) is 9.56 Å². The molecule has 150 valence electrons. The molecule has 3 heterocycles. The molecule has 7 heteroatoms. The highest BCUT2D eigenvalue weighted by molar-refractivity contribution is 7.15. The number of thiophene rings is 1. The van der Waals surface area contributed by atoms with Gasteiger partial charge in [0.05, 0.1) is 5.71 Å². The highest BCUT2D eigenvalue weighted by Crippen LogP contribution is 2.40. The normalized spacial score (nSPS) is 19.4. The Morgan fingerprint density at radius 3 is 2.62 bits per heavy atom. The van der Waals surface area contributed by atoms with E-state index in [1.54, 1.807) is 11.3 Å². The van der Waals surface area contributed by atoms with E-state index in [0.29, 0.717) is 10.9 Å². The molecule has 0 amide bonds. The van der Waals surface area contributed by atoms with Crippen molar-refractivity contribution in [3.8, 4) is 5.00 Å². The van der Waals surface area contributed by atoms with Gasteiger partial charge in [-0.25, -0.2) is 0 Å². The molecule has 1 atom stereocenters. The van der Waals surface area contributed by atoms with Gasteiger partial charge < -0.3 is 5.73 Å². The standard InChI is InChI=1S/C22H24ClN5S/c1-2-14-12-16-18(15-10-6-7-11-17(15)23)25-19(24)21-27-26-20(28(21)22(16)29-14)13-8-4-3-5-9-13/h6-7,10-13,19H,2-5,8-9,24H2,1H3. The molecule has 0 saturated heterocycles. The van der Waals surface area contributed by atoms with E-state index in [0.717, 1.165) is 52.8 Å². The van der Waals surface area contributed by atoms with Gasteiger partial charge in [-0.05, 0) is 31.4 Å². The minimum Gasteiger partial charge on any atom is -0.303 e. The molecule has 1 saturated carbocycles. The van der Waals surface area contributed by atoms with E-state index >= 15 is 0 Å². The van der Waals surface area contributed by atoms with Gasteiger partial charge in [0.2, 0.25) is 0 Å². The highest BCUT2D eigenvalue weighted by atomic mass is 35.5. The largest absolute Gasteiger partial charge is 0.303 e. The zero-order chi connectivity index (χ0) is 20.0. The molecule has 1 aromatic carbocycles. The summed E-state index contributed by atoms with van der Waals surface area (Å²) >= 11 is 8.33. The Bertz CT molecular complexity index is 1080. The fraction of sp³-hybridized carbons (Fsp3) is 0.409. The number of nitrogens with zero attached hydrogens (tertiary/aromatic N) is 4. The van der Waals surface area contributed by atoms with Crippen LogP contribution in [0.25, 0.3) is 5.00 Å². The Kier molecular flexibility index (Phi) is 5.02. The number of aromatic nitrogens is 3.